The SMILES string of the molecule is C#CC(=C)Cc1cc2n(c(=O)c1CC)Cc1c-2nc2cc(F)c(C)c3c2c1CCC3. The lowest BCUT2D eigenvalue weighted by Gasteiger charge is -2.21. The predicted octanol–water partition coefficient (Wildman–Crippen LogP) is 4.66. The Bertz CT molecular complexity index is 1370. The van der Waals surface area contributed by atoms with Crippen LogP contribution in [0.4, 0.5) is 4.39 Å². The quantitative estimate of drug-likeness (QED) is 0.471. The van der Waals surface area contributed by atoms with E-state index in [1.54, 1.807) is 6.07 Å². The summed E-state index contributed by atoms with van der Waals surface area (Å²) in [4.78, 5) is 18.2. The average molecular weight is 398 g/mol. The number of allylic oxidation sites excluding steroid dienone is 1. The lowest BCUT2D eigenvalue weighted by atomic mass is 9.85. The van der Waals surface area contributed by atoms with Crippen LogP contribution in [0.3, 0.4) is 0 Å². The summed E-state index contributed by atoms with van der Waals surface area (Å²) in [6, 6.07) is 3.58. The summed E-state index contributed by atoms with van der Waals surface area (Å²) < 4.78 is 16.4. The second kappa shape index (κ2) is 6.67. The van der Waals surface area contributed by atoms with Crippen LogP contribution in [0, 0.1) is 25.1 Å². The Morgan fingerprint density at radius 1 is 1.30 bits per heavy atom. The first-order valence-electron chi connectivity index (χ1n) is 10.5. The van der Waals surface area contributed by atoms with Gasteiger partial charge in [0.2, 0.25) is 0 Å². The van der Waals surface area contributed by atoms with Crippen LogP contribution in [0.25, 0.3) is 22.3 Å². The zero-order valence-corrected chi connectivity index (χ0v) is 17.4. The molecule has 4 heteroatoms. The Morgan fingerprint density at radius 2 is 2.07 bits per heavy atom. The first-order valence-corrected chi connectivity index (χ1v) is 10.5. The van der Waals surface area contributed by atoms with Crippen LogP contribution < -0.4 is 5.56 Å². The minimum absolute atomic E-state index is 0.0162. The number of aromatic nitrogens is 2. The molecule has 1 aromatic carbocycles. The number of rotatable bonds is 3. The number of hydrogen-bond acceptors (Lipinski definition) is 2. The van der Waals surface area contributed by atoms with Crippen molar-refractivity contribution < 1.29 is 4.39 Å². The van der Waals surface area contributed by atoms with E-state index in [4.69, 9.17) is 11.4 Å². The lowest BCUT2D eigenvalue weighted by molar-refractivity contribution is 0.615. The molecule has 0 amide bonds. The number of halogens is 1. The molecule has 2 aromatic heterocycles. The van der Waals surface area contributed by atoms with Crippen LogP contribution in [-0.2, 0) is 32.2 Å². The summed E-state index contributed by atoms with van der Waals surface area (Å²) in [5.41, 5.74) is 8.80. The van der Waals surface area contributed by atoms with Gasteiger partial charge in [-0.25, -0.2) is 9.37 Å². The van der Waals surface area contributed by atoms with Crippen molar-refractivity contribution in [1.29, 1.82) is 0 Å². The van der Waals surface area contributed by atoms with E-state index >= 15 is 0 Å². The van der Waals surface area contributed by atoms with E-state index in [2.05, 4.69) is 12.5 Å². The van der Waals surface area contributed by atoms with Crippen molar-refractivity contribution in [2.75, 3.05) is 0 Å². The van der Waals surface area contributed by atoms with Crippen molar-refractivity contribution >= 4 is 10.9 Å². The normalized spacial score (nSPS) is 13.8. The molecule has 0 bridgehead atoms. The maximum absolute atomic E-state index is 14.6. The number of fused-ring (bicyclic) bond motifs is 4. The molecule has 1 aliphatic heterocycles. The van der Waals surface area contributed by atoms with Gasteiger partial charge in [-0.15, -0.1) is 6.42 Å². The van der Waals surface area contributed by atoms with Crippen LogP contribution in [0.5, 0.6) is 0 Å². The molecule has 1 aliphatic carbocycles. The maximum atomic E-state index is 14.6. The molecule has 0 radical (unpaired) electrons. The number of benzene rings is 1. The molecule has 150 valence electrons. The fraction of sp³-hybridized carbons (Fsp3) is 0.308. The molecule has 0 fully saturated rings. The molecule has 0 N–H and O–H groups in total. The fourth-order valence-corrected chi connectivity index (χ4v) is 5.17. The molecule has 0 saturated carbocycles. The number of hydrogen-bond donors (Lipinski definition) is 0. The summed E-state index contributed by atoms with van der Waals surface area (Å²) in [5, 5.41) is 1.09. The van der Waals surface area contributed by atoms with Gasteiger partial charge in [-0.2, -0.15) is 0 Å². The fourth-order valence-electron chi connectivity index (χ4n) is 5.17. The molecule has 30 heavy (non-hydrogen) atoms. The zero-order chi connectivity index (χ0) is 21.2. The Kier molecular flexibility index (Phi) is 4.18. The van der Waals surface area contributed by atoms with Gasteiger partial charge in [0.05, 0.1) is 23.4 Å². The zero-order valence-electron chi connectivity index (χ0n) is 17.4. The largest absolute Gasteiger partial charge is 0.302 e. The van der Waals surface area contributed by atoms with E-state index in [9.17, 15) is 9.18 Å². The Morgan fingerprint density at radius 3 is 2.80 bits per heavy atom. The highest BCUT2D eigenvalue weighted by molar-refractivity contribution is 5.92. The molecule has 3 aromatic rings. The van der Waals surface area contributed by atoms with Gasteiger partial charge in [0, 0.05) is 29.0 Å². The number of terminal acetylenes is 1. The third-order valence-corrected chi connectivity index (χ3v) is 6.68. The summed E-state index contributed by atoms with van der Waals surface area (Å²) in [6.45, 7) is 8.28. The monoisotopic (exact) mass is 398 g/mol. The van der Waals surface area contributed by atoms with Gasteiger partial charge in [-0.05, 0) is 66.5 Å². The van der Waals surface area contributed by atoms with Crippen molar-refractivity contribution in [1.82, 2.24) is 9.55 Å². The van der Waals surface area contributed by atoms with Crippen LogP contribution in [0.2, 0.25) is 0 Å². The molecule has 0 spiro atoms. The maximum Gasteiger partial charge on any atom is 0.254 e. The average Bonchev–Trinajstić information content (AvgIpc) is 3.11. The van der Waals surface area contributed by atoms with Crippen molar-refractivity contribution in [3.8, 4) is 23.7 Å². The van der Waals surface area contributed by atoms with Crippen LogP contribution >= 0.6 is 0 Å². The molecular weight excluding hydrogens is 375 g/mol. The molecule has 0 unspecified atom stereocenters. The van der Waals surface area contributed by atoms with Crippen LogP contribution in [0.15, 0.2) is 29.1 Å². The highest BCUT2D eigenvalue weighted by Crippen LogP contribution is 2.41. The Labute approximate surface area is 175 Å². The van der Waals surface area contributed by atoms with Gasteiger partial charge >= 0.3 is 0 Å². The van der Waals surface area contributed by atoms with Gasteiger partial charge in [-0.3, -0.25) is 4.79 Å². The van der Waals surface area contributed by atoms with Crippen molar-refractivity contribution in [2.24, 2.45) is 0 Å². The van der Waals surface area contributed by atoms with Gasteiger partial charge in [0.25, 0.3) is 5.56 Å². The number of aryl methyl sites for hydroxylation is 2. The van der Waals surface area contributed by atoms with E-state index < -0.39 is 0 Å². The Hall–Kier alpha value is -3.19. The van der Waals surface area contributed by atoms with E-state index in [1.807, 2.05) is 24.5 Å². The van der Waals surface area contributed by atoms with E-state index in [0.717, 1.165) is 63.9 Å². The summed E-state index contributed by atoms with van der Waals surface area (Å²) in [5.74, 6) is 2.37. The first kappa shape index (κ1) is 18.8. The standard InChI is InChI=1S/C26H23FN2O/c1-5-14(3)10-16-11-23-25-20(13-29(23)26(30)17(16)6-2)19-9-7-8-18-15(4)21(27)12-22(28-25)24(18)19/h1,11-12H,3,6-10,13H2,2,4H3. The van der Waals surface area contributed by atoms with Crippen LogP contribution in [-0.4, -0.2) is 9.55 Å². The smallest absolute Gasteiger partial charge is 0.254 e. The number of pyridine rings is 2. The molecule has 3 heterocycles. The summed E-state index contributed by atoms with van der Waals surface area (Å²) in [7, 11) is 0. The third-order valence-electron chi connectivity index (χ3n) is 6.68. The second-order valence-electron chi connectivity index (χ2n) is 8.33. The van der Waals surface area contributed by atoms with Gasteiger partial charge in [0.15, 0.2) is 0 Å². The minimum Gasteiger partial charge on any atom is -0.302 e. The van der Waals surface area contributed by atoms with Crippen LogP contribution in [0.1, 0.15) is 46.7 Å². The van der Waals surface area contributed by atoms with Crippen molar-refractivity contribution in [3.63, 3.8) is 0 Å². The minimum atomic E-state index is -0.208. The number of nitrogens with zero attached hydrogens (tertiary/aromatic N) is 2. The summed E-state index contributed by atoms with van der Waals surface area (Å²) in [6.07, 6.45) is 9.42. The molecular formula is C26H23FN2O. The van der Waals surface area contributed by atoms with Gasteiger partial charge < -0.3 is 4.57 Å². The first-order chi connectivity index (χ1) is 14.4. The van der Waals surface area contributed by atoms with Gasteiger partial charge in [0.1, 0.15) is 5.82 Å². The molecule has 3 nitrogen and oxygen atoms in total. The molecule has 5 rings (SSSR count). The predicted molar refractivity (Wildman–Crippen MR) is 118 cm³/mol. The molecule has 0 saturated heterocycles. The second-order valence-corrected chi connectivity index (χ2v) is 8.33. The summed E-state index contributed by atoms with van der Waals surface area (Å²) >= 11 is 0. The van der Waals surface area contributed by atoms with Crippen molar-refractivity contribution in [2.45, 2.75) is 52.5 Å². The highest BCUT2D eigenvalue weighted by Gasteiger charge is 2.30. The van der Waals surface area contributed by atoms with E-state index in [-0.39, 0.29) is 11.4 Å². The van der Waals surface area contributed by atoms with Gasteiger partial charge in [-0.1, -0.05) is 19.4 Å². The van der Waals surface area contributed by atoms with E-state index in [0.29, 0.717) is 30.5 Å². The highest BCUT2D eigenvalue weighted by atomic mass is 19.1. The topological polar surface area (TPSA) is 34.9 Å². The lowest BCUT2D eigenvalue weighted by Crippen LogP contribution is -2.24. The Balaban J connectivity index is 1.81. The molecule has 2 aliphatic rings. The molecule has 0 atom stereocenters. The third kappa shape index (κ3) is 2.51. The van der Waals surface area contributed by atoms with Crippen molar-refractivity contribution in [3.05, 3.63) is 73.8 Å². The van der Waals surface area contributed by atoms with E-state index in [1.165, 1.54) is 5.56 Å².